The van der Waals surface area contributed by atoms with Crippen molar-refractivity contribution in [3.8, 4) is 0 Å². The van der Waals surface area contributed by atoms with Gasteiger partial charge in [-0.25, -0.2) is 0 Å². The second-order valence-electron chi connectivity index (χ2n) is 5.01. The van der Waals surface area contributed by atoms with Crippen LogP contribution < -0.4 is 5.73 Å². The standard InChI is InChI=1S/C14H18N2O/c15-11-7-8-12-13(9-11)17-16-14(12)10-5-3-1-2-4-6-10/h7-10H,1-6,15H2. The van der Waals surface area contributed by atoms with Crippen LogP contribution in [0.15, 0.2) is 22.7 Å². The molecule has 1 aliphatic rings. The molecular weight excluding hydrogens is 212 g/mol. The molecule has 1 aromatic carbocycles. The summed E-state index contributed by atoms with van der Waals surface area (Å²) in [5.74, 6) is 0.572. The lowest BCUT2D eigenvalue weighted by molar-refractivity contribution is 0.428. The van der Waals surface area contributed by atoms with Crippen LogP contribution in [0.1, 0.15) is 50.1 Å². The Morgan fingerprint density at radius 2 is 1.88 bits per heavy atom. The zero-order valence-electron chi connectivity index (χ0n) is 9.98. The zero-order valence-corrected chi connectivity index (χ0v) is 9.98. The first-order valence-corrected chi connectivity index (χ1v) is 6.49. The van der Waals surface area contributed by atoms with Gasteiger partial charge in [0, 0.05) is 23.1 Å². The van der Waals surface area contributed by atoms with Crippen molar-refractivity contribution in [3.05, 3.63) is 23.9 Å². The highest BCUT2D eigenvalue weighted by molar-refractivity contribution is 5.82. The van der Waals surface area contributed by atoms with Crippen LogP contribution in [0.2, 0.25) is 0 Å². The van der Waals surface area contributed by atoms with Crippen molar-refractivity contribution in [2.75, 3.05) is 5.73 Å². The van der Waals surface area contributed by atoms with Crippen molar-refractivity contribution >= 4 is 16.7 Å². The highest BCUT2D eigenvalue weighted by atomic mass is 16.5. The summed E-state index contributed by atoms with van der Waals surface area (Å²) in [5, 5.41) is 5.42. The molecule has 1 fully saturated rings. The van der Waals surface area contributed by atoms with Crippen molar-refractivity contribution in [1.82, 2.24) is 5.16 Å². The number of rotatable bonds is 1. The second-order valence-corrected chi connectivity index (χ2v) is 5.01. The topological polar surface area (TPSA) is 52.0 Å². The van der Waals surface area contributed by atoms with Crippen LogP contribution in [0.5, 0.6) is 0 Å². The Morgan fingerprint density at radius 1 is 1.12 bits per heavy atom. The van der Waals surface area contributed by atoms with E-state index >= 15 is 0 Å². The first-order valence-electron chi connectivity index (χ1n) is 6.49. The number of nitrogens with two attached hydrogens (primary N) is 1. The Hall–Kier alpha value is -1.51. The minimum atomic E-state index is 0.572. The van der Waals surface area contributed by atoms with Gasteiger partial charge in [-0.1, -0.05) is 30.8 Å². The van der Waals surface area contributed by atoms with Gasteiger partial charge in [0.1, 0.15) is 0 Å². The fourth-order valence-corrected chi connectivity index (χ4v) is 2.82. The van der Waals surface area contributed by atoms with Gasteiger partial charge in [-0.2, -0.15) is 0 Å². The maximum Gasteiger partial charge on any atom is 0.169 e. The van der Waals surface area contributed by atoms with Crippen molar-refractivity contribution in [1.29, 1.82) is 0 Å². The number of benzene rings is 1. The zero-order chi connectivity index (χ0) is 11.7. The Balaban J connectivity index is 1.98. The van der Waals surface area contributed by atoms with E-state index in [1.54, 1.807) is 0 Å². The number of nitrogens with zero attached hydrogens (tertiary/aromatic N) is 1. The lowest BCUT2D eigenvalue weighted by atomic mass is 9.94. The number of fused-ring (bicyclic) bond motifs is 1. The molecule has 90 valence electrons. The summed E-state index contributed by atoms with van der Waals surface area (Å²) in [6.45, 7) is 0. The number of hydrogen-bond donors (Lipinski definition) is 1. The SMILES string of the molecule is Nc1ccc2c(C3CCCCCC3)noc2c1. The molecule has 3 rings (SSSR count). The lowest BCUT2D eigenvalue weighted by Crippen LogP contribution is -1.97. The Morgan fingerprint density at radius 3 is 2.65 bits per heavy atom. The van der Waals surface area contributed by atoms with E-state index in [0.29, 0.717) is 5.92 Å². The Labute approximate surface area is 101 Å². The van der Waals surface area contributed by atoms with Crippen LogP contribution in [0.4, 0.5) is 5.69 Å². The summed E-state index contributed by atoms with van der Waals surface area (Å²) in [6.07, 6.45) is 7.83. The highest BCUT2D eigenvalue weighted by Gasteiger charge is 2.20. The number of nitrogen functional groups attached to an aromatic ring is 1. The second kappa shape index (κ2) is 4.40. The van der Waals surface area contributed by atoms with Crippen molar-refractivity contribution < 1.29 is 4.52 Å². The third-order valence-corrected chi connectivity index (χ3v) is 3.77. The van der Waals surface area contributed by atoms with Crippen LogP contribution in [0.3, 0.4) is 0 Å². The average Bonchev–Trinajstić information content (AvgIpc) is 2.57. The predicted octanol–water partition coefficient (Wildman–Crippen LogP) is 3.85. The van der Waals surface area contributed by atoms with Crippen LogP contribution in [0.25, 0.3) is 11.0 Å². The summed E-state index contributed by atoms with van der Waals surface area (Å²) < 4.78 is 5.39. The minimum Gasteiger partial charge on any atom is -0.399 e. The molecule has 0 amide bonds. The van der Waals surface area contributed by atoms with E-state index in [9.17, 15) is 0 Å². The van der Waals surface area contributed by atoms with E-state index in [1.807, 2.05) is 18.2 Å². The van der Waals surface area contributed by atoms with Gasteiger partial charge >= 0.3 is 0 Å². The number of aromatic nitrogens is 1. The largest absolute Gasteiger partial charge is 0.399 e. The molecule has 0 unspecified atom stereocenters. The summed E-state index contributed by atoms with van der Waals surface area (Å²) in [4.78, 5) is 0. The minimum absolute atomic E-state index is 0.572. The van der Waals surface area contributed by atoms with Crippen LogP contribution in [0, 0.1) is 0 Å². The van der Waals surface area contributed by atoms with Gasteiger partial charge in [-0.05, 0) is 25.0 Å². The molecule has 3 nitrogen and oxygen atoms in total. The van der Waals surface area contributed by atoms with Gasteiger partial charge in [-0.3, -0.25) is 0 Å². The molecule has 0 saturated heterocycles. The first-order chi connectivity index (χ1) is 8.34. The average molecular weight is 230 g/mol. The van der Waals surface area contributed by atoms with Gasteiger partial charge in [0.15, 0.2) is 5.58 Å². The quantitative estimate of drug-likeness (QED) is 0.598. The van der Waals surface area contributed by atoms with Crippen LogP contribution in [-0.4, -0.2) is 5.16 Å². The van der Waals surface area contributed by atoms with Gasteiger partial charge in [0.05, 0.1) is 5.69 Å². The molecule has 2 N–H and O–H groups in total. The molecule has 3 heteroatoms. The molecule has 1 aliphatic carbocycles. The maximum atomic E-state index is 5.75. The molecule has 1 saturated carbocycles. The third kappa shape index (κ3) is 2.02. The van der Waals surface area contributed by atoms with Crippen LogP contribution in [-0.2, 0) is 0 Å². The molecule has 1 heterocycles. The van der Waals surface area contributed by atoms with Crippen molar-refractivity contribution in [2.24, 2.45) is 0 Å². The number of hydrogen-bond acceptors (Lipinski definition) is 3. The Kier molecular flexibility index (Phi) is 2.75. The summed E-state index contributed by atoms with van der Waals surface area (Å²) in [6, 6.07) is 5.84. The summed E-state index contributed by atoms with van der Waals surface area (Å²) in [7, 11) is 0. The molecule has 2 aromatic rings. The monoisotopic (exact) mass is 230 g/mol. The fraction of sp³-hybridized carbons (Fsp3) is 0.500. The maximum absolute atomic E-state index is 5.75. The van der Waals surface area contributed by atoms with E-state index in [-0.39, 0.29) is 0 Å². The molecule has 1 aromatic heterocycles. The lowest BCUT2D eigenvalue weighted by Gasteiger charge is -2.10. The van der Waals surface area contributed by atoms with E-state index in [4.69, 9.17) is 10.3 Å². The molecule has 17 heavy (non-hydrogen) atoms. The smallest absolute Gasteiger partial charge is 0.169 e. The molecule has 0 bridgehead atoms. The fourth-order valence-electron chi connectivity index (χ4n) is 2.82. The summed E-state index contributed by atoms with van der Waals surface area (Å²) in [5.41, 5.74) is 8.45. The normalized spacial score (nSPS) is 18.4. The Bertz CT molecular complexity index is 510. The van der Waals surface area contributed by atoms with E-state index in [1.165, 1.54) is 38.5 Å². The predicted molar refractivity (Wildman–Crippen MR) is 68.9 cm³/mol. The molecule has 0 atom stereocenters. The van der Waals surface area contributed by atoms with Gasteiger partial charge in [0.2, 0.25) is 0 Å². The molecular formula is C14H18N2O. The van der Waals surface area contributed by atoms with Gasteiger partial charge in [0.25, 0.3) is 0 Å². The number of anilines is 1. The van der Waals surface area contributed by atoms with Gasteiger partial charge < -0.3 is 10.3 Å². The third-order valence-electron chi connectivity index (χ3n) is 3.77. The molecule has 0 spiro atoms. The van der Waals surface area contributed by atoms with Crippen LogP contribution >= 0.6 is 0 Å². The first kappa shape index (κ1) is 10.6. The molecule has 0 radical (unpaired) electrons. The van der Waals surface area contributed by atoms with E-state index in [2.05, 4.69) is 5.16 Å². The van der Waals surface area contributed by atoms with Crippen molar-refractivity contribution in [3.63, 3.8) is 0 Å². The summed E-state index contributed by atoms with van der Waals surface area (Å²) >= 11 is 0. The highest BCUT2D eigenvalue weighted by Crippen LogP contribution is 2.35. The van der Waals surface area contributed by atoms with E-state index in [0.717, 1.165) is 22.4 Å². The van der Waals surface area contributed by atoms with Crippen molar-refractivity contribution in [2.45, 2.75) is 44.4 Å². The van der Waals surface area contributed by atoms with Gasteiger partial charge in [-0.15, -0.1) is 0 Å². The van der Waals surface area contributed by atoms with E-state index < -0.39 is 0 Å². The molecule has 0 aliphatic heterocycles.